The summed E-state index contributed by atoms with van der Waals surface area (Å²) in [6.45, 7) is 4.82. The number of hydrogen-bond acceptors (Lipinski definition) is 4. The Labute approximate surface area is 141 Å². The fourth-order valence-corrected chi connectivity index (χ4v) is 4.08. The SMILES string of the molecule is Cc1cccc(C=C2SC(=S)N(CN3CCCCC3)C2=O)c1. The van der Waals surface area contributed by atoms with Crippen LogP contribution in [0.25, 0.3) is 6.08 Å². The highest BCUT2D eigenvalue weighted by Crippen LogP contribution is 2.33. The molecule has 0 unspecified atom stereocenters. The van der Waals surface area contributed by atoms with E-state index in [1.807, 2.05) is 18.2 Å². The van der Waals surface area contributed by atoms with Gasteiger partial charge < -0.3 is 0 Å². The number of carbonyl (C=O) groups is 1. The van der Waals surface area contributed by atoms with Gasteiger partial charge in [-0.25, -0.2) is 0 Å². The van der Waals surface area contributed by atoms with Crippen LogP contribution >= 0.6 is 24.0 Å². The molecule has 1 aromatic carbocycles. The van der Waals surface area contributed by atoms with Crippen LogP contribution in [0.5, 0.6) is 0 Å². The molecule has 0 radical (unpaired) electrons. The van der Waals surface area contributed by atoms with Gasteiger partial charge in [-0.15, -0.1) is 0 Å². The van der Waals surface area contributed by atoms with Gasteiger partial charge in [-0.05, 0) is 44.5 Å². The van der Waals surface area contributed by atoms with Crippen LogP contribution in [0.3, 0.4) is 0 Å². The van der Waals surface area contributed by atoms with E-state index in [-0.39, 0.29) is 5.91 Å². The number of thiocarbonyl (C=S) groups is 1. The fourth-order valence-electron chi connectivity index (χ4n) is 2.83. The standard InChI is InChI=1S/C17H20N2OS2/c1-13-6-5-7-14(10-13)11-15-16(20)19(17(21)22-15)12-18-8-3-2-4-9-18/h5-7,10-11H,2-4,8-9,12H2,1H3. The molecule has 0 aliphatic carbocycles. The maximum atomic E-state index is 12.6. The van der Waals surface area contributed by atoms with Crippen molar-refractivity contribution in [3.05, 3.63) is 40.3 Å². The summed E-state index contributed by atoms with van der Waals surface area (Å²) in [5, 5.41) is 0. The first-order valence-corrected chi connectivity index (χ1v) is 8.90. The molecule has 0 N–H and O–H groups in total. The van der Waals surface area contributed by atoms with Crippen molar-refractivity contribution >= 4 is 40.3 Å². The summed E-state index contributed by atoms with van der Waals surface area (Å²) in [7, 11) is 0. The van der Waals surface area contributed by atoms with Crippen LogP contribution in [0.1, 0.15) is 30.4 Å². The van der Waals surface area contributed by atoms with Crippen molar-refractivity contribution < 1.29 is 4.79 Å². The van der Waals surface area contributed by atoms with Crippen LogP contribution in [-0.2, 0) is 4.79 Å². The minimum atomic E-state index is 0.0436. The molecule has 2 aliphatic rings. The Morgan fingerprint density at radius 2 is 2.05 bits per heavy atom. The largest absolute Gasteiger partial charge is 0.286 e. The zero-order valence-corrected chi connectivity index (χ0v) is 14.4. The summed E-state index contributed by atoms with van der Waals surface area (Å²) < 4.78 is 0.675. The molecule has 3 rings (SSSR count). The number of aryl methyl sites for hydroxylation is 1. The van der Waals surface area contributed by atoms with Gasteiger partial charge in [0.1, 0.15) is 4.32 Å². The Morgan fingerprint density at radius 3 is 2.77 bits per heavy atom. The smallest absolute Gasteiger partial charge is 0.267 e. The average Bonchev–Trinajstić information content (AvgIpc) is 2.76. The van der Waals surface area contributed by atoms with Crippen LogP contribution in [0.15, 0.2) is 29.2 Å². The first-order chi connectivity index (χ1) is 10.6. The van der Waals surface area contributed by atoms with Gasteiger partial charge in [0.25, 0.3) is 5.91 Å². The predicted molar refractivity (Wildman–Crippen MR) is 96.5 cm³/mol. The van der Waals surface area contributed by atoms with E-state index >= 15 is 0 Å². The monoisotopic (exact) mass is 332 g/mol. The summed E-state index contributed by atoms with van der Waals surface area (Å²) in [5.41, 5.74) is 2.25. The van der Waals surface area contributed by atoms with Crippen molar-refractivity contribution in [2.75, 3.05) is 19.8 Å². The van der Waals surface area contributed by atoms with Gasteiger partial charge >= 0.3 is 0 Å². The molecular formula is C17H20N2OS2. The Bertz CT molecular complexity index is 621. The van der Waals surface area contributed by atoms with E-state index < -0.39 is 0 Å². The van der Waals surface area contributed by atoms with E-state index in [0.29, 0.717) is 11.0 Å². The van der Waals surface area contributed by atoms with E-state index in [4.69, 9.17) is 12.2 Å². The van der Waals surface area contributed by atoms with Crippen LogP contribution in [0, 0.1) is 6.92 Å². The van der Waals surface area contributed by atoms with E-state index in [0.717, 1.165) is 23.6 Å². The van der Waals surface area contributed by atoms with Crippen molar-refractivity contribution in [3.8, 4) is 0 Å². The van der Waals surface area contributed by atoms with Crippen molar-refractivity contribution in [2.45, 2.75) is 26.2 Å². The molecular weight excluding hydrogens is 312 g/mol. The van der Waals surface area contributed by atoms with Crippen LogP contribution in [0.4, 0.5) is 0 Å². The minimum Gasteiger partial charge on any atom is -0.286 e. The molecule has 0 spiro atoms. The number of amides is 1. The molecule has 3 nitrogen and oxygen atoms in total. The third-order valence-corrected chi connectivity index (χ3v) is 5.38. The number of likely N-dealkylation sites (tertiary alicyclic amines) is 1. The highest BCUT2D eigenvalue weighted by atomic mass is 32.2. The van der Waals surface area contributed by atoms with Crippen LogP contribution < -0.4 is 0 Å². The van der Waals surface area contributed by atoms with Crippen molar-refractivity contribution in [1.82, 2.24) is 9.80 Å². The Kier molecular flexibility index (Phi) is 4.96. The molecule has 2 saturated heterocycles. The van der Waals surface area contributed by atoms with E-state index in [9.17, 15) is 4.79 Å². The summed E-state index contributed by atoms with van der Waals surface area (Å²) in [5.74, 6) is 0.0436. The lowest BCUT2D eigenvalue weighted by Gasteiger charge is -2.29. The summed E-state index contributed by atoms with van der Waals surface area (Å²) in [6, 6.07) is 8.16. The average molecular weight is 332 g/mol. The lowest BCUT2D eigenvalue weighted by molar-refractivity contribution is -0.123. The lowest BCUT2D eigenvalue weighted by Crippen LogP contribution is -2.42. The van der Waals surface area contributed by atoms with Gasteiger partial charge in [-0.3, -0.25) is 14.6 Å². The molecule has 0 bridgehead atoms. The normalized spacial score (nSPS) is 21.9. The van der Waals surface area contributed by atoms with E-state index in [1.54, 1.807) is 4.90 Å². The first-order valence-electron chi connectivity index (χ1n) is 7.68. The molecule has 2 aliphatic heterocycles. The summed E-state index contributed by atoms with van der Waals surface area (Å²) >= 11 is 6.82. The van der Waals surface area contributed by atoms with Crippen molar-refractivity contribution in [1.29, 1.82) is 0 Å². The van der Waals surface area contributed by atoms with Gasteiger partial charge in [0.2, 0.25) is 0 Å². The highest BCUT2D eigenvalue weighted by Gasteiger charge is 2.33. The topological polar surface area (TPSA) is 23.6 Å². The molecule has 2 heterocycles. The maximum absolute atomic E-state index is 12.6. The number of hydrogen-bond donors (Lipinski definition) is 0. The summed E-state index contributed by atoms with van der Waals surface area (Å²) in [6.07, 6.45) is 5.67. The first kappa shape index (κ1) is 15.7. The second kappa shape index (κ2) is 6.94. The molecule has 5 heteroatoms. The second-order valence-electron chi connectivity index (χ2n) is 5.84. The number of thioether (sulfide) groups is 1. The Balaban J connectivity index is 1.73. The molecule has 22 heavy (non-hydrogen) atoms. The molecule has 116 valence electrons. The number of benzene rings is 1. The highest BCUT2D eigenvalue weighted by molar-refractivity contribution is 8.26. The number of nitrogens with zero attached hydrogens (tertiary/aromatic N) is 2. The maximum Gasteiger partial charge on any atom is 0.267 e. The second-order valence-corrected chi connectivity index (χ2v) is 7.52. The quantitative estimate of drug-likeness (QED) is 0.623. The summed E-state index contributed by atoms with van der Waals surface area (Å²) in [4.78, 5) is 17.4. The van der Waals surface area contributed by atoms with Crippen molar-refractivity contribution in [2.24, 2.45) is 0 Å². The molecule has 0 aromatic heterocycles. The number of piperidine rings is 1. The molecule has 1 aromatic rings. The third-order valence-electron chi connectivity index (χ3n) is 4.00. The van der Waals surface area contributed by atoms with Gasteiger partial charge in [-0.1, -0.05) is 60.2 Å². The molecule has 2 fully saturated rings. The number of carbonyl (C=O) groups excluding carboxylic acids is 1. The van der Waals surface area contributed by atoms with Gasteiger partial charge in [0, 0.05) is 0 Å². The fraction of sp³-hybridized carbons (Fsp3) is 0.412. The van der Waals surface area contributed by atoms with Crippen LogP contribution in [0.2, 0.25) is 0 Å². The number of rotatable bonds is 3. The van der Waals surface area contributed by atoms with Gasteiger partial charge in [-0.2, -0.15) is 0 Å². The van der Waals surface area contributed by atoms with E-state index in [2.05, 4.69) is 24.0 Å². The molecule has 1 amide bonds. The van der Waals surface area contributed by atoms with Crippen LogP contribution in [-0.4, -0.2) is 39.8 Å². The van der Waals surface area contributed by atoms with E-state index in [1.165, 1.54) is 36.6 Å². The van der Waals surface area contributed by atoms with Gasteiger partial charge in [0.05, 0.1) is 11.6 Å². The molecule has 0 atom stereocenters. The Hall–Kier alpha value is -1.17. The van der Waals surface area contributed by atoms with Gasteiger partial charge in [0.15, 0.2) is 0 Å². The Morgan fingerprint density at radius 1 is 1.27 bits per heavy atom. The minimum absolute atomic E-state index is 0.0436. The predicted octanol–water partition coefficient (Wildman–Crippen LogP) is 3.64. The third kappa shape index (κ3) is 3.59. The molecule has 0 saturated carbocycles. The zero-order valence-electron chi connectivity index (χ0n) is 12.7. The zero-order chi connectivity index (χ0) is 15.5. The lowest BCUT2D eigenvalue weighted by atomic mass is 10.1. The van der Waals surface area contributed by atoms with Crippen molar-refractivity contribution in [3.63, 3.8) is 0 Å².